The molecule has 1 heterocycles. The summed E-state index contributed by atoms with van der Waals surface area (Å²) in [5, 5.41) is 4.12. The molecule has 2 aromatic rings. The lowest BCUT2D eigenvalue weighted by Crippen LogP contribution is -2.34. The average Bonchev–Trinajstić information content (AvgIpc) is 2.91. The molecule has 22 heavy (non-hydrogen) atoms. The van der Waals surface area contributed by atoms with Crippen LogP contribution in [0.3, 0.4) is 0 Å². The topological polar surface area (TPSA) is 64.9 Å². The van der Waals surface area contributed by atoms with Crippen LogP contribution < -0.4 is 5.73 Å². The Balaban J connectivity index is 0.00000176. The Hall–Kier alpha value is -1.39. The second-order valence-electron chi connectivity index (χ2n) is 6.12. The molecular formula is C17H24ClN3O. The van der Waals surface area contributed by atoms with Gasteiger partial charge in [-0.2, -0.15) is 4.98 Å². The summed E-state index contributed by atoms with van der Waals surface area (Å²) in [4.78, 5) is 4.54. The number of benzene rings is 1. The van der Waals surface area contributed by atoms with Crippen molar-refractivity contribution in [2.24, 2.45) is 11.7 Å². The summed E-state index contributed by atoms with van der Waals surface area (Å²) >= 11 is 0. The molecule has 0 spiro atoms. The highest BCUT2D eigenvalue weighted by atomic mass is 35.5. The molecule has 0 radical (unpaired) electrons. The Kier molecular flexibility index (Phi) is 5.98. The highest BCUT2D eigenvalue weighted by Crippen LogP contribution is 2.25. The third-order valence-electron chi connectivity index (χ3n) is 4.52. The molecule has 0 aliphatic heterocycles. The van der Waals surface area contributed by atoms with Crippen LogP contribution in [-0.2, 0) is 12.8 Å². The fraction of sp³-hybridized carbons (Fsp3) is 0.529. The van der Waals surface area contributed by atoms with Gasteiger partial charge < -0.3 is 10.3 Å². The van der Waals surface area contributed by atoms with Crippen LogP contribution >= 0.6 is 12.4 Å². The zero-order valence-electron chi connectivity index (χ0n) is 13.0. The van der Waals surface area contributed by atoms with Crippen LogP contribution in [0.2, 0.25) is 0 Å². The Morgan fingerprint density at radius 3 is 2.77 bits per heavy atom. The molecule has 1 aromatic carbocycles. The molecule has 1 saturated carbocycles. The van der Waals surface area contributed by atoms with Crippen LogP contribution in [0, 0.1) is 12.8 Å². The van der Waals surface area contributed by atoms with Gasteiger partial charge in [0.15, 0.2) is 5.82 Å². The monoisotopic (exact) mass is 321 g/mol. The molecule has 0 saturated heterocycles. The maximum atomic E-state index is 6.19. The van der Waals surface area contributed by atoms with Crippen molar-refractivity contribution in [1.29, 1.82) is 0 Å². The quantitative estimate of drug-likeness (QED) is 0.936. The van der Waals surface area contributed by atoms with Gasteiger partial charge in [-0.15, -0.1) is 12.4 Å². The number of rotatable bonds is 4. The predicted molar refractivity (Wildman–Crippen MR) is 89.2 cm³/mol. The molecule has 120 valence electrons. The Bertz CT molecular complexity index is 599. The SMILES string of the molecule is Cc1ccccc1Cc1noc(CC2CCCCC2N)n1.Cl. The number of hydrogen-bond acceptors (Lipinski definition) is 4. The average molecular weight is 322 g/mol. The van der Waals surface area contributed by atoms with Crippen LogP contribution in [-0.4, -0.2) is 16.2 Å². The minimum Gasteiger partial charge on any atom is -0.339 e. The van der Waals surface area contributed by atoms with Gasteiger partial charge in [-0.25, -0.2) is 0 Å². The standard InChI is InChI=1S/C17H23N3O.ClH/c1-12-6-2-3-7-13(12)10-16-19-17(21-20-16)11-14-8-4-5-9-15(14)18;/h2-3,6-7,14-15H,4-5,8-11,18H2,1H3;1H. The molecule has 1 aliphatic carbocycles. The van der Waals surface area contributed by atoms with E-state index in [0.717, 1.165) is 31.0 Å². The molecule has 4 nitrogen and oxygen atoms in total. The Labute approximate surface area is 137 Å². The summed E-state index contributed by atoms with van der Waals surface area (Å²) in [6, 6.07) is 8.60. The van der Waals surface area contributed by atoms with E-state index in [2.05, 4.69) is 29.2 Å². The zero-order chi connectivity index (χ0) is 14.7. The van der Waals surface area contributed by atoms with E-state index in [1.807, 2.05) is 12.1 Å². The summed E-state index contributed by atoms with van der Waals surface area (Å²) in [7, 11) is 0. The second-order valence-corrected chi connectivity index (χ2v) is 6.12. The minimum absolute atomic E-state index is 0. The van der Waals surface area contributed by atoms with E-state index in [-0.39, 0.29) is 18.4 Å². The molecular weight excluding hydrogens is 298 g/mol. The first-order valence-electron chi connectivity index (χ1n) is 7.84. The molecule has 0 bridgehead atoms. The smallest absolute Gasteiger partial charge is 0.226 e. The Morgan fingerprint density at radius 1 is 1.23 bits per heavy atom. The van der Waals surface area contributed by atoms with Gasteiger partial charge in [0, 0.05) is 18.9 Å². The van der Waals surface area contributed by atoms with Crippen molar-refractivity contribution in [3.05, 3.63) is 47.1 Å². The van der Waals surface area contributed by atoms with Gasteiger partial charge >= 0.3 is 0 Å². The van der Waals surface area contributed by atoms with Gasteiger partial charge in [0.2, 0.25) is 5.89 Å². The first-order valence-corrected chi connectivity index (χ1v) is 7.84. The van der Waals surface area contributed by atoms with E-state index in [1.165, 1.54) is 30.4 Å². The van der Waals surface area contributed by atoms with Gasteiger partial charge in [0.1, 0.15) is 0 Å². The summed E-state index contributed by atoms with van der Waals surface area (Å²) in [6.45, 7) is 2.11. The van der Waals surface area contributed by atoms with Crippen LogP contribution in [0.5, 0.6) is 0 Å². The molecule has 1 aliphatic rings. The molecule has 2 N–H and O–H groups in total. The number of aromatic nitrogens is 2. The van der Waals surface area contributed by atoms with Crippen molar-refractivity contribution in [3.63, 3.8) is 0 Å². The highest BCUT2D eigenvalue weighted by molar-refractivity contribution is 5.85. The minimum atomic E-state index is 0. The number of nitrogens with two attached hydrogens (primary N) is 1. The van der Waals surface area contributed by atoms with Crippen molar-refractivity contribution >= 4 is 12.4 Å². The summed E-state index contributed by atoms with van der Waals surface area (Å²) in [5.74, 6) is 2.00. The number of aryl methyl sites for hydroxylation is 1. The van der Waals surface area contributed by atoms with E-state index >= 15 is 0 Å². The molecule has 1 aromatic heterocycles. The van der Waals surface area contributed by atoms with E-state index in [4.69, 9.17) is 10.3 Å². The summed E-state index contributed by atoms with van der Waals surface area (Å²) < 4.78 is 5.41. The van der Waals surface area contributed by atoms with Crippen molar-refractivity contribution in [2.75, 3.05) is 0 Å². The van der Waals surface area contributed by atoms with Crippen LogP contribution in [0.25, 0.3) is 0 Å². The molecule has 3 rings (SSSR count). The van der Waals surface area contributed by atoms with Crippen LogP contribution in [0.15, 0.2) is 28.8 Å². The largest absolute Gasteiger partial charge is 0.339 e. The molecule has 1 fully saturated rings. The highest BCUT2D eigenvalue weighted by Gasteiger charge is 2.24. The van der Waals surface area contributed by atoms with Crippen molar-refractivity contribution in [2.45, 2.75) is 51.5 Å². The van der Waals surface area contributed by atoms with Gasteiger partial charge in [-0.3, -0.25) is 0 Å². The van der Waals surface area contributed by atoms with Gasteiger partial charge in [-0.1, -0.05) is 42.3 Å². The number of hydrogen-bond donors (Lipinski definition) is 1. The van der Waals surface area contributed by atoms with Crippen molar-refractivity contribution in [3.8, 4) is 0 Å². The van der Waals surface area contributed by atoms with Gasteiger partial charge in [0.05, 0.1) is 0 Å². The summed E-state index contributed by atoms with van der Waals surface area (Å²) in [6.07, 6.45) is 6.36. The molecule has 2 atom stereocenters. The van der Waals surface area contributed by atoms with E-state index < -0.39 is 0 Å². The van der Waals surface area contributed by atoms with Gasteiger partial charge in [0.25, 0.3) is 0 Å². The lowest BCUT2D eigenvalue weighted by Gasteiger charge is -2.27. The van der Waals surface area contributed by atoms with E-state index in [9.17, 15) is 0 Å². The van der Waals surface area contributed by atoms with Gasteiger partial charge in [-0.05, 0) is 36.8 Å². The Morgan fingerprint density at radius 2 is 2.00 bits per heavy atom. The first-order chi connectivity index (χ1) is 10.2. The van der Waals surface area contributed by atoms with E-state index in [1.54, 1.807) is 0 Å². The fourth-order valence-electron chi connectivity index (χ4n) is 3.14. The third-order valence-corrected chi connectivity index (χ3v) is 4.52. The third kappa shape index (κ3) is 4.08. The van der Waals surface area contributed by atoms with Crippen LogP contribution in [0.1, 0.15) is 48.5 Å². The van der Waals surface area contributed by atoms with Crippen LogP contribution in [0.4, 0.5) is 0 Å². The molecule has 0 amide bonds. The second kappa shape index (κ2) is 7.75. The number of halogens is 1. The maximum absolute atomic E-state index is 6.19. The zero-order valence-corrected chi connectivity index (χ0v) is 13.8. The molecule has 5 heteroatoms. The predicted octanol–water partition coefficient (Wildman–Crippen LogP) is 3.45. The van der Waals surface area contributed by atoms with Crippen molar-refractivity contribution < 1.29 is 4.52 Å². The number of nitrogens with zero attached hydrogens (tertiary/aromatic N) is 2. The lowest BCUT2D eigenvalue weighted by atomic mass is 9.83. The first kappa shape index (κ1) is 17.0. The lowest BCUT2D eigenvalue weighted by molar-refractivity contribution is 0.273. The molecule has 2 unspecified atom stereocenters. The summed E-state index contributed by atoms with van der Waals surface area (Å²) in [5.41, 5.74) is 8.70. The fourth-order valence-corrected chi connectivity index (χ4v) is 3.14. The normalized spacial score (nSPS) is 21.4. The van der Waals surface area contributed by atoms with E-state index in [0.29, 0.717) is 5.92 Å². The maximum Gasteiger partial charge on any atom is 0.226 e. The van der Waals surface area contributed by atoms with Crippen molar-refractivity contribution in [1.82, 2.24) is 10.1 Å².